The molecule has 1 nitrogen and oxygen atoms in total. The molecule has 0 bridgehead atoms. The number of hydrogen-bond acceptors (Lipinski definition) is 2. The molecule has 1 aliphatic rings. The Balaban J connectivity index is 1.19. The van der Waals surface area contributed by atoms with Crippen molar-refractivity contribution < 1.29 is 4.74 Å². The summed E-state index contributed by atoms with van der Waals surface area (Å²) in [5, 5.41) is 7.53. The lowest BCUT2D eigenvalue weighted by Gasteiger charge is -2.21. The summed E-state index contributed by atoms with van der Waals surface area (Å²) >= 11 is 1.86. The predicted molar refractivity (Wildman–Crippen MR) is 179 cm³/mol. The third-order valence-electron chi connectivity index (χ3n) is 8.50. The molecule has 2 heterocycles. The van der Waals surface area contributed by atoms with Crippen LogP contribution in [0.3, 0.4) is 0 Å². The van der Waals surface area contributed by atoms with Crippen LogP contribution >= 0.6 is 11.3 Å². The summed E-state index contributed by atoms with van der Waals surface area (Å²) in [4.78, 5) is 2.53. The molecule has 1 aromatic heterocycles. The summed E-state index contributed by atoms with van der Waals surface area (Å²) in [5.41, 5.74) is 7.40. The smallest absolute Gasteiger partial charge is 0.135 e. The molecule has 0 saturated heterocycles. The first-order chi connectivity index (χ1) is 20.8. The van der Waals surface area contributed by atoms with Crippen LogP contribution in [0.5, 0.6) is 11.5 Å². The Morgan fingerprint density at radius 1 is 0.381 bits per heavy atom. The van der Waals surface area contributed by atoms with E-state index >= 15 is 0 Å². The fourth-order valence-corrected chi connectivity index (χ4v) is 7.61. The second-order valence-corrected chi connectivity index (χ2v) is 12.0. The summed E-state index contributed by atoms with van der Waals surface area (Å²) in [6, 6.07) is 52.6. The Morgan fingerprint density at radius 2 is 1.07 bits per heavy atom. The molecule has 7 aromatic carbocycles. The summed E-state index contributed by atoms with van der Waals surface area (Å²) in [7, 11) is 0. The van der Waals surface area contributed by atoms with E-state index in [0.29, 0.717) is 0 Å². The van der Waals surface area contributed by atoms with Crippen molar-refractivity contribution >= 4 is 43.7 Å². The van der Waals surface area contributed by atoms with Gasteiger partial charge in [0.25, 0.3) is 0 Å². The molecule has 0 aliphatic carbocycles. The molecular formula is C40H24OS. The fraction of sp³-hybridized carbons (Fsp3) is 0. The second-order valence-electron chi connectivity index (χ2n) is 10.9. The normalized spacial score (nSPS) is 12.0. The van der Waals surface area contributed by atoms with Gasteiger partial charge in [0.05, 0.1) is 0 Å². The topological polar surface area (TPSA) is 9.23 Å². The molecule has 8 aromatic rings. The van der Waals surface area contributed by atoms with Gasteiger partial charge in [0.2, 0.25) is 0 Å². The van der Waals surface area contributed by atoms with Gasteiger partial charge in [-0.05, 0) is 91.1 Å². The molecule has 196 valence electrons. The zero-order chi connectivity index (χ0) is 27.6. The third-order valence-corrected chi connectivity index (χ3v) is 9.66. The van der Waals surface area contributed by atoms with Crippen LogP contribution in [0, 0.1) is 0 Å². The van der Waals surface area contributed by atoms with Gasteiger partial charge in [0, 0.05) is 20.7 Å². The average Bonchev–Trinajstić information content (AvgIpc) is 3.55. The van der Waals surface area contributed by atoms with Gasteiger partial charge in [-0.15, -0.1) is 11.3 Å². The number of rotatable bonds is 3. The van der Waals surface area contributed by atoms with Gasteiger partial charge in [-0.3, -0.25) is 0 Å². The molecule has 2 heteroatoms. The van der Waals surface area contributed by atoms with Gasteiger partial charge in [0.1, 0.15) is 11.5 Å². The highest BCUT2D eigenvalue weighted by Crippen LogP contribution is 2.49. The van der Waals surface area contributed by atoms with Crippen molar-refractivity contribution in [3.8, 4) is 54.6 Å². The number of ether oxygens (including phenoxy) is 1. The van der Waals surface area contributed by atoms with Crippen LogP contribution < -0.4 is 4.74 Å². The number of fused-ring (bicyclic) bond motifs is 5. The van der Waals surface area contributed by atoms with Crippen molar-refractivity contribution in [3.63, 3.8) is 0 Å². The zero-order valence-corrected chi connectivity index (χ0v) is 23.5. The third kappa shape index (κ3) is 3.56. The summed E-state index contributed by atoms with van der Waals surface area (Å²) < 4.78 is 6.27. The first kappa shape index (κ1) is 23.5. The van der Waals surface area contributed by atoms with E-state index < -0.39 is 0 Å². The first-order valence-corrected chi connectivity index (χ1v) is 15.1. The van der Waals surface area contributed by atoms with Crippen molar-refractivity contribution in [1.82, 2.24) is 0 Å². The molecule has 0 N–H and O–H groups in total. The molecule has 42 heavy (non-hydrogen) atoms. The quantitative estimate of drug-likeness (QED) is 0.198. The van der Waals surface area contributed by atoms with Gasteiger partial charge >= 0.3 is 0 Å². The summed E-state index contributed by atoms with van der Waals surface area (Å²) in [6.45, 7) is 0. The molecule has 0 atom stereocenters. The van der Waals surface area contributed by atoms with Gasteiger partial charge in [-0.25, -0.2) is 0 Å². The highest BCUT2D eigenvalue weighted by atomic mass is 32.1. The minimum absolute atomic E-state index is 0.915. The van der Waals surface area contributed by atoms with E-state index in [4.69, 9.17) is 4.74 Å². The molecule has 0 unspecified atom stereocenters. The van der Waals surface area contributed by atoms with E-state index in [2.05, 4.69) is 140 Å². The van der Waals surface area contributed by atoms with E-state index in [-0.39, 0.29) is 0 Å². The lowest BCUT2D eigenvalue weighted by molar-refractivity contribution is 0.487. The largest absolute Gasteiger partial charge is 0.456 e. The van der Waals surface area contributed by atoms with Crippen LogP contribution in [-0.4, -0.2) is 0 Å². The van der Waals surface area contributed by atoms with Gasteiger partial charge in [-0.1, -0.05) is 109 Å². The van der Waals surface area contributed by atoms with E-state index in [1.807, 2.05) is 17.4 Å². The maximum Gasteiger partial charge on any atom is 0.135 e. The highest BCUT2D eigenvalue weighted by molar-refractivity contribution is 7.18. The van der Waals surface area contributed by atoms with Crippen LogP contribution in [0.2, 0.25) is 0 Å². The Labute approximate surface area is 247 Å². The zero-order valence-electron chi connectivity index (χ0n) is 22.7. The van der Waals surface area contributed by atoms with Crippen molar-refractivity contribution in [2.75, 3.05) is 0 Å². The van der Waals surface area contributed by atoms with Crippen molar-refractivity contribution in [3.05, 3.63) is 146 Å². The fourth-order valence-electron chi connectivity index (χ4n) is 6.58. The van der Waals surface area contributed by atoms with E-state index in [0.717, 1.165) is 17.1 Å². The standard InChI is InChI=1S/C40H24OS/c1-2-11-28-25(9-1)19-20-32-29(28)15-8-16-30(32)31-12-3-4-14-34(31)39-22-21-38(42-39)27-23-26-10-7-18-37-40(26)35(24-27)33-13-5-6-17-36(33)41-37/h1-24H. The molecule has 0 amide bonds. The van der Waals surface area contributed by atoms with Crippen LogP contribution in [-0.2, 0) is 0 Å². The minimum atomic E-state index is 0.915. The Morgan fingerprint density at radius 3 is 2.02 bits per heavy atom. The molecule has 9 rings (SSSR count). The Hall–Kier alpha value is -5.18. The molecule has 0 spiro atoms. The molecule has 0 radical (unpaired) electrons. The number of thiophene rings is 1. The molecular weight excluding hydrogens is 529 g/mol. The van der Waals surface area contributed by atoms with E-state index in [1.165, 1.54) is 69.9 Å². The van der Waals surface area contributed by atoms with Gasteiger partial charge in [0.15, 0.2) is 0 Å². The molecule has 0 saturated carbocycles. The van der Waals surface area contributed by atoms with Crippen molar-refractivity contribution in [2.24, 2.45) is 0 Å². The van der Waals surface area contributed by atoms with Gasteiger partial charge < -0.3 is 4.74 Å². The van der Waals surface area contributed by atoms with Crippen molar-refractivity contribution in [1.29, 1.82) is 0 Å². The SMILES string of the molecule is c1ccc2c(c1)Oc1cccc3cc(-c4ccc(-c5ccccc5-c5cccc6c5ccc5ccccc56)s4)cc-2c13. The highest BCUT2D eigenvalue weighted by Gasteiger charge is 2.21. The average molecular weight is 553 g/mol. The van der Waals surface area contributed by atoms with Crippen LogP contribution in [0.15, 0.2) is 146 Å². The number of benzene rings is 7. The molecule has 0 fully saturated rings. The van der Waals surface area contributed by atoms with Crippen LogP contribution in [0.4, 0.5) is 0 Å². The van der Waals surface area contributed by atoms with Gasteiger partial charge in [-0.2, -0.15) is 0 Å². The lowest BCUT2D eigenvalue weighted by atomic mass is 9.92. The maximum atomic E-state index is 6.27. The van der Waals surface area contributed by atoms with E-state index in [1.54, 1.807) is 0 Å². The van der Waals surface area contributed by atoms with E-state index in [9.17, 15) is 0 Å². The second kappa shape index (κ2) is 9.17. The minimum Gasteiger partial charge on any atom is -0.456 e. The first-order valence-electron chi connectivity index (χ1n) is 14.3. The van der Waals surface area contributed by atoms with Crippen LogP contribution in [0.25, 0.3) is 75.5 Å². The Bertz CT molecular complexity index is 2340. The number of para-hydroxylation sites is 1. The number of hydrogen-bond donors (Lipinski definition) is 0. The summed E-state index contributed by atoms with van der Waals surface area (Å²) in [5.74, 6) is 1.84. The summed E-state index contributed by atoms with van der Waals surface area (Å²) in [6.07, 6.45) is 0. The van der Waals surface area contributed by atoms with Crippen LogP contribution in [0.1, 0.15) is 0 Å². The maximum absolute atomic E-state index is 6.27. The predicted octanol–water partition coefficient (Wildman–Crippen LogP) is 12.0. The Kier molecular flexibility index (Phi) is 5.13. The lowest BCUT2D eigenvalue weighted by Crippen LogP contribution is -1.97. The molecule has 1 aliphatic heterocycles. The monoisotopic (exact) mass is 552 g/mol. The van der Waals surface area contributed by atoms with Crippen molar-refractivity contribution in [2.45, 2.75) is 0 Å².